The van der Waals surface area contributed by atoms with Crippen LogP contribution in [0.25, 0.3) is 0 Å². The highest BCUT2D eigenvalue weighted by molar-refractivity contribution is 7.11. The van der Waals surface area contributed by atoms with E-state index >= 15 is 0 Å². The van der Waals surface area contributed by atoms with Crippen molar-refractivity contribution in [3.63, 3.8) is 0 Å². The third kappa shape index (κ3) is 5.28. The molecule has 2 rings (SSSR count). The Kier molecular flexibility index (Phi) is 5.75. The van der Waals surface area contributed by atoms with E-state index in [1.165, 1.54) is 11.3 Å². The van der Waals surface area contributed by atoms with Gasteiger partial charge >= 0.3 is 6.09 Å². The van der Waals surface area contributed by atoms with Crippen LogP contribution < -0.4 is 0 Å². The molecule has 1 fully saturated rings. The fourth-order valence-corrected chi connectivity index (χ4v) is 3.16. The summed E-state index contributed by atoms with van der Waals surface area (Å²) >= 11 is 1.36. The number of rotatable bonds is 4. The van der Waals surface area contributed by atoms with Gasteiger partial charge in [0.05, 0.1) is 6.54 Å². The monoisotopic (exact) mass is 339 g/mol. The number of likely N-dealkylation sites (N-methyl/N-ethyl adjacent to an activating group) is 1. The Labute approximate surface area is 141 Å². The summed E-state index contributed by atoms with van der Waals surface area (Å²) in [6.45, 7) is 7.22. The fraction of sp³-hybridized carbons (Fsp3) is 0.688. The minimum absolute atomic E-state index is 0.0249. The van der Waals surface area contributed by atoms with Crippen LogP contribution in [0, 0.1) is 0 Å². The van der Waals surface area contributed by atoms with Crippen molar-refractivity contribution in [1.82, 2.24) is 14.8 Å². The van der Waals surface area contributed by atoms with Gasteiger partial charge in [-0.05, 0) is 40.7 Å². The number of ketones is 1. The lowest BCUT2D eigenvalue weighted by Crippen LogP contribution is -2.50. The van der Waals surface area contributed by atoms with Gasteiger partial charge in [0.1, 0.15) is 5.60 Å². The molecule has 0 spiro atoms. The predicted octanol–water partition coefficient (Wildman–Crippen LogP) is 2.66. The van der Waals surface area contributed by atoms with Gasteiger partial charge in [-0.2, -0.15) is 0 Å². The maximum absolute atomic E-state index is 12.2. The molecule has 2 heterocycles. The Hall–Kier alpha value is -1.47. The second kappa shape index (κ2) is 7.40. The number of carbonyl (C=O) groups is 2. The topological polar surface area (TPSA) is 62.7 Å². The summed E-state index contributed by atoms with van der Waals surface area (Å²) in [5.41, 5.74) is -0.489. The van der Waals surface area contributed by atoms with Crippen LogP contribution in [0.1, 0.15) is 43.4 Å². The smallest absolute Gasteiger partial charge is 0.410 e. The summed E-state index contributed by atoms with van der Waals surface area (Å²) in [5, 5.41) is 2.34. The average Bonchev–Trinajstić information content (AvgIpc) is 3.00. The lowest BCUT2D eigenvalue weighted by molar-refractivity contribution is 0.0129. The highest BCUT2D eigenvalue weighted by Crippen LogP contribution is 2.18. The van der Waals surface area contributed by atoms with E-state index in [0.29, 0.717) is 24.6 Å². The lowest BCUT2D eigenvalue weighted by atomic mass is 10.0. The van der Waals surface area contributed by atoms with Crippen LogP contribution in [0.3, 0.4) is 0 Å². The van der Waals surface area contributed by atoms with Gasteiger partial charge in [0.2, 0.25) is 5.78 Å². The summed E-state index contributed by atoms with van der Waals surface area (Å²) < 4.78 is 5.44. The van der Waals surface area contributed by atoms with Crippen LogP contribution in [0.15, 0.2) is 11.6 Å². The number of amides is 1. The molecule has 7 heteroatoms. The minimum atomic E-state index is -0.489. The van der Waals surface area contributed by atoms with Gasteiger partial charge in [-0.25, -0.2) is 9.78 Å². The second-order valence-electron chi connectivity index (χ2n) is 6.90. The number of nitrogens with zero attached hydrogens (tertiary/aromatic N) is 3. The molecule has 6 nitrogen and oxygen atoms in total. The first-order chi connectivity index (χ1) is 10.8. The molecule has 1 saturated heterocycles. The molecule has 1 atom stereocenters. The van der Waals surface area contributed by atoms with Gasteiger partial charge in [-0.1, -0.05) is 0 Å². The zero-order valence-electron chi connectivity index (χ0n) is 14.2. The number of likely N-dealkylation sites (tertiary alicyclic amines) is 1. The van der Waals surface area contributed by atoms with Crippen molar-refractivity contribution in [3.8, 4) is 0 Å². The van der Waals surface area contributed by atoms with Crippen molar-refractivity contribution in [2.75, 3.05) is 26.7 Å². The number of ether oxygens (including phenoxy) is 1. The molecule has 0 radical (unpaired) electrons. The van der Waals surface area contributed by atoms with Gasteiger partial charge in [0.25, 0.3) is 0 Å². The van der Waals surface area contributed by atoms with Crippen molar-refractivity contribution in [2.24, 2.45) is 0 Å². The molecule has 23 heavy (non-hydrogen) atoms. The van der Waals surface area contributed by atoms with E-state index in [4.69, 9.17) is 4.74 Å². The third-order valence-corrected chi connectivity index (χ3v) is 4.55. The van der Waals surface area contributed by atoms with Gasteiger partial charge in [0, 0.05) is 30.7 Å². The molecule has 0 aliphatic carbocycles. The number of carbonyl (C=O) groups excluding carboxylic acids is 2. The molecular formula is C16H25N3O3S. The van der Waals surface area contributed by atoms with E-state index in [9.17, 15) is 9.59 Å². The normalized spacial score (nSPS) is 19.0. The van der Waals surface area contributed by atoms with E-state index in [2.05, 4.69) is 4.98 Å². The molecule has 128 valence electrons. The largest absolute Gasteiger partial charge is 0.444 e. The first kappa shape index (κ1) is 17.9. The van der Waals surface area contributed by atoms with Crippen molar-refractivity contribution < 1.29 is 14.3 Å². The number of aromatic nitrogens is 1. The van der Waals surface area contributed by atoms with E-state index < -0.39 is 5.60 Å². The van der Waals surface area contributed by atoms with E-state index in [1.54, 1.807) is 16.5 Å². The number of thiazole rings is 1. The number of hydrogen-bond acceptors (Lipinski definition) is 6. The van der Waals surface area contributed by atoms with Gasteiger partial charge in [-0.3, -0.25) is 9.69 Å². The average molecular weight is 339 g/mol. The maximum Gasteiger partial charge on any atom is 0.410 e. The van der Waals surface area contributed by atoms with Gasteiger partial charge in [-0.15, -0.1) is 11.3 Å². The summed E-state index contributed by atoms with van der Waals surface area (Å²) in [5.74, 6) is 0.0249. The summed E-state index contributed by atoms with van der Waals surface area (Å²) in [4.78, 5) is 32.2. The molecule has 1 aliphatic rings. The highest BCUT2D eigenvalue weighted by atomic mass is 32.1. The quantitative estimate of drug-likeness (QED) is 0.789. The molecule has 0 bridgehead atoms. The SMILES string of the molecule is CN(CC(=O)c1nccs1)[C@H]1CCCN(C(=O)OC(C)(C)C)C1. The Bertz CT molecular complexity index is 539. The van der Waals surface area contributed by atoms with Crippen LogP contribution >= 0.6 is 11.3 Å². The molecule has 1 aromatic rings. The van der Waals surface area contributed by atoms with Gasteiger partial charge < -0.3 is 9.64 Å². The maximum atomic E-state index is 12.2. The van der Waals surface area contributed by atoms with Crippen molar-refractivity contribution >= 4 is 23.2 Å². The number of Topliss-reactive ketones (excluding diaryl/α,β-unsaturated/α-hetero) is 1. The zero-order valence-corrected chi connectivity index (χ0v) is 15.1. The second-order valence-corrected chi connectivity index (χ2v) is 7.79. The Morgan fingerprint density at radius 3 is 2.83 bits per heavy atom. The first-order valence-electron chi connectivity index (χ1n) is 7.87. The summed E-state index contributed by atoms with van der Waals surface area (Å²) in [6.07, 6.45) is 3.26. The van der Waals surface area contributed by atoms with Crippen molar-refractivity contribution in [1.29, 1.82) is 0 Å². The van der Waals surface area contributed by atoms with Crippen molar-refractivity contribution in [3.05, 3.63) is 16.6 Å². The predicted molar refractivity (Wildman–Crippen MR) is 89.9 cm³/mol. The van der Waals surface area contributed by atoms with Crippen LogP contribution in [-0.2, 0) is 4.74 Å². The Balaban J connectivity index is 1.90. The molecule has 1 aromatic heterocycles. The molecule has 0 unspecified atom stereocenters. The van der Waals surface area contributed by atoms with E-state index in [1.807, 2.05) is 32.7 Å². The molecule has 0 N–H and O–H groups in total. The first-order valence-corrected chi connectivity index (χ1v) is 8.75. The third-order valence-electron chi connectivity index (χ3n) is 3.74. The van der Waals surface area contributed by atoms with E-state index in [-0.39, 0.29) is 17.9 Å². The summed E-state index contributed by atoms with van der Waals surface area (Å²) in [7, 11) is 1.93. The van der Waals surface area contributed by atoms with Crippen molar-refractivity contribution in [2.45, 2.75) is 45.3 Å². The van der Waals surface area contributed by atoms with Crippen LogP contribution in [0.2, 0.25) is 0 Å². The highest BCUT2D eigenvalue weighted by Gasteiger charge is 2.30. The Morgan fingerprint density at radius 2 is 2.22 bits per heavy atom. The number of piperidine rings is 1. The summed E-state index contributed by atoms with van der Waals surface area (Å²) in [6, 6.07) is 0.167. The fourth-order valence-electron chi connectivity index (χ4n) is 2.59. The lowest BCUT2D eigenvalue weighted by Gasteiger charge is -2.37. The Morgan fingerprint density at radius 1 is 1.48 bits per heavy atom. The molecule has 0 aromatic carbocycles. The standard InChI is InChI=1S/C16H25N3O3S/c1-16(2,3)22-15(21)19-8-5-6-12(10-19)18(4)11-13(20)14-17-7-9-23-14/h7,9,12H,5-6,8,10-11H2,1-4H3/t12-/m0/s1. The van der Waals surface area contributed by atoms with Crippen LogP contribution in [-0.4, -0.2) is 65.0 Å². The minimum Gasteiger partial charge on any atom is -0.444 e. The van der Waals surface area contributed by atoms with Gasteiger partial charge in [0.15, 0.2) is 5.01 Å². The van der Waals surface area contributed by atoms with Crippen LogP contribution in [0.4, 0.5) is 4.79 Å². The van der Waals surface area contributed by atoms with E-state index in [0.717, 1.165) is 12.8 Å². The zero-order chi connectivity index (χ0) is 17.0. The molecule has 0 saturated carbocycles. The van der Waals surface area contributed by atoms with Crippen LogP contribution in [0.5, 0.6) is 0 Å². The molecule has 1 amide bonds. The molecular weight excluding hydrogens is 314 g/mol. The molecule has 1 aliphatic heterocycles. The number of hydrogen-bond donors (Lipinski definition) is 0.